The molecule has 4 rings (SSSR count). The molecule has 4 aromatic heterocycles. The van der Waals surface area contributed by atoms with Gasteiger partial charge in [-0.1, -0.05) is 12.1 Å². The summed E-state index contributed by atoms with van der Waals surface area (Å²) < 4.78 is 0. The zero-order valence-corrected chi connectivity index (χ0v) is 15.0. The molecule has 0 aliphatic rings. The van der Waals surface area contributed by atoms with Gasteiger partial charge in [-0.3, -0.25) is 19.9 Å². The minimum atomic E-state index is 0.637. The quantitative estimate of drug-likeness (QED) is 0.569. The fraction of sp³-hybridized carbons (Fsp3) is 0. The molecule has 0 fully saturated rings. The SMILES string of the molecule is Nc1cc(-c2cc(P)ccn2)ncc1-c1ccc(-c2ccccn2)nc1. The van der Waals surface area contributed by atoms with Crippen LogP contribution in [0.3, 0.4) is 0 Å². The van der Waals surface area contributed by atoms with Gasteiger partial charge < -0.3 is 5.73 Å². The highest BCUT2D eigenvalue weighted by atomic mass is 31.0. The number of aromatic nitrogens is 4. The molecule has 4 heterocycles. The van der Waals surface area contributed by atoms with Crippen LogP contribution in [0.1, 0.15) is 0 Å². The maximum absolute atomic E-state index is 6.26. The van der Waals surface area contributed by atoms with Crippen LogP contribution < -0.4 is 11.0 Å². The van der Waals surface area contributed by atoms with Crippen LogP contribution in [0.5, 0.6) is 0 Å². The Morgan fingerprint density at radius 2 is 1.46 bits per heavy atom. The summed E-state index contributed by atoms with van der Waals surface area (Å²) in [6, 6.07) is 15.4. The van der Waals surface area contributed by atoms with Crippen LogP contribution >= 0.6 is 9.24 Å². The van der Waals surface area contributed by atoms with E-state index in [-0.39, 0.29) is 0 Å². The van der Waals surface area contributed by atoms with E-state index in [1.54, 1.807) is 24.8 Å². The van der Waals surface area contributed by atoms with Crippen molar-refractivity contribution < 1.29 is 0 Å². The lowest BCUT2D eigenvalue weighted by Crippen LogP contribution is -1.98. The van der Waals surface area contributed by atoms with Gasteiger partial charge >= 0.3 is 0 Å². The monoisotopic (exact) mass is 357 g/mol. The Morgan fingerprint density at radius 3 is 2.15 bits per heavy atom. The minimum absolute atomic E-state index is 0.637. The normalized spacial score (nSPS) is 10.7. The molecule has 0 saturated heterocycles. The molecule has 6 heteroatoms. The van der Waals surface area contributed by atoms with E-state index < -0.39 is 0 Å². The van der Waals surface area contributed by atoms with Crippen molar-refractivity contribution in [3.05, 3.63) is 73.3 Å². The minimum Gasteiger partial charge on any atom is -0.398 e. The molecule has 0 amide bonds. The van der Waals surface area contributed by atoms with E-state index in [0.717, 1.165) is 39.2 Å². The molecule has 26 heavy (non-hydrogen) atoms. The molecule has 0 radical (unpaired) electrons. The van der Waals surface area contributed by atoms with Crippen LogP contribution in [0.15, 0.2) is 73.3 Å². The third kappa shape index (κ3) is 3.30. The van der Waals surface area contributed by atoms with Crippen LogP contribution in [0, 0.1) is 0 Å². The molecule has 4 aromatic rings. The largest absolute Gasteiger partial charge is 0.398 e. The molecule has 0 bridgehead atoms. The Balaban J connectivity index is 1.66. The molecule has 0 aliphatic carbocycles. The Hall–Kier alpha value is -3.17. The van der Waals surface area contributed by atoms with Gasteiger partial charge in [0.15, 0.2) is 0 Å². The van der Waals surface area contributed by atoms with E-state index in [0.29, 0.717) is 5.69 Å². The van der Waals surface area contributed by atoms with Gasteiger partial charge in [0.2, 0.25) is 0 Å². The van der Waals surface area contributed by atoms with Gasteiger partial charge in [-0.05, 0) is 41.7 Å². The number of nitrogens with zero attached hydrogens (tertiary/aromatic N) is 4. The van der Waals surface area contributed by atoms with E-state index in [4.69, 9.17) is 5.73 Å². The highest BCUT2D eigenvalue weighted by Gasteiger charge is 2.09. The van der Waals surface area contributed by atoms with E-state index >= 15 is 0 Å². The maximum atomic E-state index is 6.26. The summed E-state index contributed by atoms with van der Waals surface area (Å²) in [5.74, 6) is 0. The number of hydrogen-bond donors (Lipinski definition) is 1. The second kappa shape index (κ2) is 6.98. The predicted molar refractivity (Wildman–Crippen MR) is 108 cm³/mol. The molecule has 0 saturated carbocycles. The van der Waals surface area contributed by atoms with Crippen molar-refractivity contribution in [1.29, 1.82) is 0 Å². The van der Waals surface area contributed by atoms with Gasteiger partial charge in [0.05, 0.1) is 22.8 Å². The average Bonchev–Trinajstić information content (AvgIpc) is 2.69. The van der Waals surface area contributed by atoms with Crippen LogP contribution in [0.2, 0.25) is 0 Å². The van der Waals surface area contributed by atoms with Crippen molar-refractivity contribution in [2.24, 2.45) is 0 Å². The molecular weight excluding hydrogens is 341 g/mol. The highest BCUT2D eigenvalue weighted by Crippen LogP contribution is 2.28. The van der Waals surface area contributed by atoms with E-state index in [2.05, 4.69) is 29.2 Å². The maximum Gasteiger partial charge on any atom is 0.0907 e. The second-order valence-electron chi connectivity index (χ2n) is 5.78. The molecule has 0 aliphatic heterocycles. The van der Waals surface area contributed by atoms with Crippen molar-refractivity contribution in [3.63, 3.8) is 0 Å². The number of nitrogen functional groups attached to an aromatic ring is 1. The van der Waals surface area contributed by atoms with Crippen molar-refractivity contribution >= 4 is 20.2 Å². The molecule has 0 aromatic carbocycles. The zero-order valence-electron chi connectivity index (χ0n) is 13.9. The Morgan fingerprint density at radius 1 is 0.692 bits per heavy atom. The third-order valence-corrected chi connectivity index (χ3v) is 4.34. The second-order valence-corrected chi connectivity index (χ2v) is 6.44. The molecule has 1 atom stereocenters. The fourth-order valence-electron chi connectivity index (χ4n) is 2.66. The van der Waals surface area contributed by atoms with Crippen LogP contribution in [0.4, 0.5) is 5.69 Å². The van der Waals surface area contributed by atoms with Gasteiger partial charge in [0.1, 0.15) is 0 Å². The van der Waals surface area contributed by atoms with Crippen molar-refractivity contribution in [2.75, 3.05) is 5.73 Å². The number of rotatable bonds is 3. The van der Waals surface area contributed by atoms with Gasteiger partial charge in [-0.25, -0.2) is 0 Å². The van der Waals surface area contributed by atoms with Crippen molar-refractivity contribution in [2.45, 2.75) is 0 Å². The first kappa shape index (κ1) is 16.3. The summed E-state index contributed by atoms with van der Waals surface area (Å²) in [5, 5.41) is 1.05. The standard InChI is InChI=1S/C20H16N5P/c21-16-10-20(19-9-14(26)6-8-23-19)25-12-15(16)13-4-5-18(24-11-13)17-3-1-2-7-22-17/h1-12H,26H2,(H2,21,25). The summed E-state index contributed by atoms with van der Waals surface area (Å²) in [7, 11) is 2.66. The highest BCUT2D eigenvalue weighted by molar-refractivity contribution is 7.27. The number of pyridine rings is 4. The summed E-state index contributed by atoms with van der Waals surface area (Å²) in [6.45, 7) is 0. The van der Waals surface area contributed by atoms with Gasteiger partial charge in [-0.2, -0.15) is 0 Å². The lowest BCUT2D eigenvalue weighted by molar-refractivity contribution is 1.24. The fourth-order valence-corrected chi connectivity index (χ4v) is 2.90. The molecule has 1 unspecified atom stereocenters. The molecule has 5 nitrogen and oxygen atoms in total. The van der Waals surface area contributed by atoms with Crippen molar-refractivity contribution in [3.8, 4) is 33.9 Å². The number of anilines is 1. The number of hydrogen-bond acceptors (Lipinski definition) is 5. The third-order valence-electron chi connectivity index (χ3n) is 3.98. The summed E-state index contributed by atoms with van der Waals surface area (Å²) in [5.41, 5.74) is 11.8. The first-order valence-corrected chi connectivity index (χ1v) is 8.64. The smallest absolute Gasteiger partial charge is 0.0907 e. The summed E-state index contributed by atoms with van der Waals surface area (Å²) >= 11 is 0. The first-order chi connectivity index (χ1) is 12.7. The van der Waals surface area contributed by atoms with Crippen LogP contribution in [-0.4, -0.2) is 19.9 Å². The summed E-state index contributed by atoms with van der Waals surface area (Å²) in [6.07, 6.45) is 7.06. The lowest BCUT2D eigenvalue weighted by Gasteiger charge is -2.08. The Labute approximate surface area is 153 Å². The van der Waals surface area contributed by atoms with Crippen LogP contribution in [0.25, 0.3) is 33.9 Å². The molecular formula is C20H16N5P. The lowest BCUT2D eigenvalue weighted by atomic mass is 10.1. The number of nitrogens with two attached hydrogens (primary N) is 1. The van der Waals surface area contributed by atoms with E-state index in [1.165, 1.54) is 0 Å². The topological polar surface area (TPSA) is 77.6 Å². The predicted octanol–water partition coefficient (Wildman–Crippen LogP) is 3.35. The van der Waals surface area contributed by atoms with E-state index in [1.807, 2.05) is 48.5 Å². The Bertz CT molecular complexity index is 1050. The zero-order chi connectivity index (χ0) is 17.9. The molecule has 0 spiro atoms. The average molecular weight is 357 g/mol. The van der Waals surface area contributed by atoms with Gasteiger partial charge in [0, 0.05) is 41.6 Å². The van der Waals surface area contributed by atoms with Crippen molar-refractivity contribution in [1.82, 2.24) is 19.9 Å². The van der Waals surface area contributed by atoms with Gasteiger partial charge in [-0.15, -0.1) is 9.24 Å². The Kier molecular flexibility index (Phi) is 4.38. The first-order valence-electron chi connectivity index (χ1n) is 8.06. The summed E-state index contributed by atoms with van der Waals surface area (Å²) in [4.78, 5) is 17.7. The van der Waals surface area contributed by atoms with Crippen LogP contribution in [-0.2, 0) is 0 Å². The van der Waals surface area contributed by atoms with Gasteiger partial charge in [0.25, 0.3) is 0 Å². The van der Waals surface area contributed by atoms with E-state index in [9.17, 15) is 0 Å². The molecule has 126 valence electrons. The molecule has 2 N–H and O–H groups in total.